The van der Waals surface area contributed by atoms with Gasteiger partial charge in [0, 0.05) is 18.8 Å². The summed E-state index contributed by atoms with van der Waals surface area (Å²) < 4.78 is 5.47. The summed E-state index contributed by atoms with van der Waals surface area (Å²) >= 11 is 0. The maximum absolute atomic E-state index is 10.8. The van der Waals surface area contributed by atoms with Crippen molar-refractivity contribution in [2.24, 2.45) is 0 Å². The van der Waals surface area contributed by atoms with Crippen molar-refractivity contribution in [3.8, 4) is 6.07 Å². The van der Waals surface area contributed by atoms with Gasteiger partial charge in [0.05, 0.1) is 24.7 Å². The SMILES string of the molecule is N#Cc1cc2c(nc1N1CCOC(CC(=O)O)C1)CCC2. The molecule has 1 fully saturated rings. The van der Waals surface area contributed by atoms with Crippen molar-refractivity contribution in [1.29, 1.82) is 5.26 Å². The van der Waals surface area contributed by atoms with Gasteiger partial charge >= 0.3 is 5.97 Å². The van der Waals surface area contributed by atoms with Crippen LogP contribution in [-0.2, 0) is 22.4 Å². The summed E-state index contributed by atoms with van der Waals surface area (Å²) in [4.78, 5) is 17.5. The number of fused-ring (bicyclic) bond motifs is 1. The lowest BCUT2D eigenvalue weighted by Gasteiger charge is -2.33. The van der Waals surface area contributed by atoms with Crippen LogP contribution in [-0.4, -0.2) is 41.9 Å². The van der Waals surface area contributed by atoms with Crippen molar-refractivity contribution in [2.75, 3.05) is 24.6 Å². The number of ether oxygens (including phenoxy) is 1. The van der Waals surface area contributed by atoms with Crippen LogP contribution in [0.3, 0.4) is 0 Å². The third-order valence-electron chi connectivity index (χ3n) is 3.99. The number of morpholine rings is 1. The van der Waals surface area contributed by atoms with Crippen LogP contribution in [0.15, 0.2) is 6.07 Å². The highest BCUT2D eigenvalue weighted by Gasteiger charge is 2.26. The summed E-state index contributed by atoms with van der Waals surface area (Å²) in [6.07, 6.45) is 2.65. The van der Waals surface area contributed by atoms with Crippen molar-refractivity contribution < 1.29 is 14.6 Å². The lowest BCUT2D eigenvalue weighted by Crippen LogP contribution is -2.44. The molecule has 2 heterocycles. The van der Waals surface area contributed by atoms with Gasteiger partial charge in [-0.1, -0.05) is 0 Å². The van der Waals surface area contributed by atoms with Crippen LogP contribution in [0.5, 0.6) is 0 Å². The van der Waals surface area contributed by atoms with E-state index in [0.717, 1.165) is 25.0 Å². The van der Waals surface area contributed by atoms with Crippen LogP contribution in [0, 0.1) is 11.3 Å². The summed E-state index contributed by atoms with van der Waals surface area (Å²) in [5.41, 5.74) is 2.82. The number of rotatable bonds is 3. The maximum atomic E-state index is 10.8. The third-order valence-corrected chi connectivity index (χ3v) is 3.99. The summed E-state index contributed by atoms with van der Waals surface area (Å²) in [6, 6.07) is 4.15. The first-order valence-electron chi connectivity index (χ1n) is 7.18. The summed E-state index contributed by atoms with van der Waals surface area (Å²) in [6.45, 7) is 1.56. The van der Waals surface area contributed by atoms with Gasteiger partial charge < -0.3 is 14.7 Å². The Balaban J connectivity index is 1.86. The Morgan fingerprint density at radius 3 is 3.19 bits per heavy atom. The van der Waals surface area contributed by atoms with Crippen LogP contribution in [0.4, 0.5) is 5.82 Å². The summed E-state index contributed by atoms with van der Waals surface area (Å²) in [5.74, 6) is -0.193. The first-order valence-corrected chi connectivity index (χ1v) is 7.18. The van der Waals surface area contributed by atoms with E-state index in [1.54, 1.807) is 0 Å². The second-order valence-corrected chi connectivity index (χ2v) is 5.47. The quantitative estimate of drug-likeness (QED) is 0.896. The van der Waals surface area contributed by atoms with E-state index >= 15 is 0 Å². The Morgan fingerprint density at radius 2 is 2.43 bits per heavy atom. The Kier molecular flexibility index (Phi) is 3.76. The van der Waals surface area contributed by atoms with Crippen molar-refractivity contribution in [1.82, 2.24) is 4.98 Å². The zero-order chi connectivity index (χ0) is 14.8. The molecular formula is C15H17N3O3. The highest BCUT2D eigenvalue weighted by Crippen LogP contribution is 2.28. The lowest BCUT2D eigenvalue weighted by atomic mass is 10.1. The Hall–Kier alpha value is -2.13. The molecule has 1 N–H and O–H groups in total. The van der Waals surface area contributed by atoms with Gasteiger partial charge in [0.1, 0.15) is 11.9 Å². The highest BCUT2D eigenvalue weighted by atomic mass is 16.5. The molecule has 0 aromatic carbocycles. The van der Waals surface area contributed by atoms with E-state index in [1.165, 1.54) is 5.56 Å². The molecule has 1 saturated heterocycles. The number of aliphatic carboxylic acids is 1. The number of hydrogen-bond donors (Lipinski definition) is 1. The Labute approximate surface area is 123 Å². The van der Waals surface area contributed by atoms with Crippen LogP contribution in [0.1, 0.15) is 29.7 Å². The molecule has 0 spiro atoms. The van der Waals surface area contributed by atoms with Gasteiger partial charge in [0.15, 0.2) is 0 Å². The lowest BCUT2D eigenvalue weighted by molar-refractivity contribution is -0.140. The molecule has 0 amide bonds. The average Bonchev–Trinajstić information content (AvgIpc) is 2.92. The number of carboxylic acid groups (broad SMARTS) is 1. The van der Waals surface area contributed by atoms with Crippen LogP contribution >= 0.6 is 0 Å². The molecule has 6 heteroatoms. The van der Waals surface area contributed by atoms with Gasteiger partial charge in [-0.05, 0) is 30.9 Å². The molecule has 1 aromatic rings. The molecule has 1 aromatic heterocycles. The van der Waals surface area contributed by atoms with E-state index in [1.807, 2.05) is 11.0 Å². The van der Waals surface area contributed by atoms with Crippen LogP contribution in [0.2, 0.25) is 0 Å². The standard InChI is InChI=1S/C15H17N3O3/c16-8-11-6-10-2-1-3-13(10)17-15(11)18-4-5-21-12(9-18)7-14(19)20/h6,12H,1-5,7,9H2,(H,19,20). The number of nitriles is 1. The zero-order valence-corrected chi connectivity index (χ0v) is 11.7. The predicted octanol–water partition coefficient (Wildman–Crippen LogP) is 1.12. The third kappa shape index (κ3) is 2.83. The van der Waals surface area contributed by atoms with E-state index < -0.39 is 5.97 Å². The molecule has 1 aliphatic heterocycles. The number of pyridine rings is 1. The fourth-order valence-electron chi connectivity index (χ4n) is 3.01. The van der Waals surface area contributed by atoms with E-state index in [4.69, 9.17) is 9.84 Å². The van der Waals surface area contributed by atoms with Crippen molar-refractivity contribution in [2.45, 2.75) is 31.8 Å². The van der Waals surface area contributed by atoms with Gasteiger partial charge in [0.2, 0.25) is 0 Å². The number of hydrogen-bond acceptors (Lipinski definition) is 5. The fourth-order valence-corrected chi connectivity index (χ4v) is 3.01. The largest absolute Gasteiger partial charge is 0.481 e. The second kappa shape index (κ2) is 5.70. The number of aryl methyl sites for hydroxylation is 2. The van der Waals surface area contributed by atoms with Crippen LogP contribution < -0.4 is 4.90 Å². The minimum atomic E-state index is -0.871. The maximum Gasteiger partial charge on any atom is 0.306 e. The van der Waals surface area contributed by atoms with Gasteiger partial charge in [-0.3, -0.25) is 4.79 Å². The van der Waals surface area contributed by atoms with Gasteiger partial charge in [-0.2, -0.15) is 5.26 Å². The number of carbonyl (C=O) groups is 1. The molecule has 1 unspecified atom stereocenters. The molecule has 110 valence electrons. The zero-order valence-electron chi connectivity index (χ0n) is 11.7. The minimum absolute atomic E-state index is 0.0245. The van der Waals surface area contributed by atoms with Crippen LogP contribution in [0.25, 0.3) is 0 Å². The topological polar surface area (TPSA) is 86.5 Å². The smallest absolute Gasteiger partial charge is 0.306 e. The molecule has 0 radical (unpaired) electrons. The van der Waals surface area contributed by atoms with Gasteiger partial charge in [-0.25, -0.2) is 4.98 Å². The number of aromatic nitrogens is 1. The molecular weight excluding hydrogens is 270 g/mol. The van der Waals surface area contributed by atoms with E-state index in [0.29, 0.717) is 31.1 Å². The summed E-state index contributed by atoms with van der Waals surface area (Å²) in [5, 5.41) is 18.2. The number of anilines is 1. The Bertz CT molecular complexity index is 609. The molecule has 1 aliphatic carbocycles. The normalized spacial score (nSPS) is 20.9. The van der Waals surface area contributed by atoms with Crippen molar-refractivity contribution in [3.05, 3.63) is 22.9 Å². The first kappa shape index (κ1) is 13.8. The van der Waals surface area contributed by atoms with E-state index in [2.05, 4.69) is 11.1 Å². The average molecular weight is 287 g/mol. The van der Waals surface area contributed by atoms with Crippen molar-refractivity contribution >= 4 is 11.8 Å². The minimum Gasteiger partial charge on any atom is -0.481 e. The predicted molar refractivity (Wildman–Crippen MR) is 75.2 cm³/mol. The molecule has 3 rings (SSSR count). The van der Waals surface area contributed by atoms with Gasteiger partial charge in [-0.15, -0.1) is 0 Å². The first-order chi connectivity index (χ1) is 10.2. The van der Waals surface area contributed by atoms with Gasteiger partial charge in [0.25, 0.3) is 0 Å². The molecule has 21 heavy (non-hydrogen) atoms. The Morgan fingerprint density at radius 1 is 1.57 bits per heavy atom. The van der Waals surface area contributed by atoms with E-state index in [-0.39, 0.29) is 12.5 Å². The van der Waals surface area contributed by atoms with Crippen molar-refractivity contribution in [3.63, 3.8) is 0 Å². The fraction of sp³-hybridized carbons (Fsp3) is 0.533. The highest BCUT2D eigenvalue weighted by molar-refractivity contribution is 5.67. The number of nitrogens with zero attached hydrogens (tertiary/aromatic N) is 3. The summed E-state index contributed by atoms with van der Waals surface area (Å²) in [7, 11) is 0. The number of carboxylic acids is 1. The molecule has 0 saturated carbocycles. The van der Waals surface area contributed by atoms with E-state index in [9.17, 15) is 10.1 Å². The monoisotopic (exact) mass is 287 g/mol. The second-order valence-electron chi connectivity index (χ2n) is 5.47. The molecule has 2 aliphatic rings. The molecule has 6 nitrogen and oxygen atoms in total. The molecule has 1 atom stereocenters. The molecule has 0 bridgehead atoms.